The molecular formula is C15H26IN3O2. The van der Waals surface area contributed by atoms with Crippen LogP contribution in [0.4, 0.5) is 0 Å². The standard InChI is InChI=1S/C15H25N3O2.HI/c1-3-16-15(17-9-10-20-2)18-12-14(19)11-13-7-5-4-6-8-13;/h4-8,14,19H,3,9-12H2,1-2H3,(H2,16,17,18);1H. The Labute approximate surface area is 144 Å². The highest BCUT2D eigenvalue weighted by Gasteiger charge is 2.05. The van der Waals surface area contributed by atoms with Gasteiger partial charge in [0, 0.05) is 26.6 Å². The maximum atomic E-state index is 10.0. The molecule has 0 spiro atoms. The molecule has 0 fully saturated rings. The Morgan fingerprint density at radius 3 is 2.62 bits per heavy atom. The quantitative estimate of drug-likeness (QED) is 0.264. The average Bonchev–Trinajstić information content (AvgIpc) is 2.46. The SMILES string of the molecule is CCNC(=NCC(O)Cc1ccccc1)NCCOC.I. The molecule has 1 aromatic rings. The highest BCUT2D eigenvalue weighted by molar-refractivity contribution is 14.0. The third-order valence-corrected chi connectivity index (χ3v) is 2.72. The first kappa shape index (κ1) is 20.1. The number of hydrogen-bond donors (Lipinski definition) is 3. The Kier molecular flexibility index (Phi) is 12.3. The van der Waals surface area contributed by atoms with E-state index in [4.69, 9.17) is 4.74 Å². The van der Waals surface area contributed by atoms with Crippen molar-refractivity contribution < 1.29 is 9.84 Å². The lowest BCUT2D eigenvalue weighted by Gasteiger charge is -2.13. The van der Waals surface area contributed by atoms with Gasteiger partial charge < -0.3 is 20.5 Å². The Balaban J connectivity index is 0.00000400. The van der Waals surface area contributed by atoms with Crippen LogP contribution in [0.1, 0.15) is 12.5 Å². The molecule has 0 amide bonds. The molecule has 0 saturated heterocycles. The first-order valence-corrected chi connectivity index (χ1v) is 6.99. The lowest BCUT2D eigenvalue weighted by Crippen LogP contribution is -2.39. The smallest absolute Gasteiger partial charge is 0.191 e. The van der Waals surface area contributed by atoms with E-state index in [2.05, 4.69) is 15.6 Å². The Bertz CT molecular complexity index is 388. The maximum Gasteiger partial charge on any atom is 0.191 e. The molecule has 0 aromatic heterocycles. The first-order valence-electron chi connectivity index (χ1n) is 6.99. The predicted octanol–water partition coefficient (Wildman–Crippen LogP) is 1.41. The van der Waals surface area contributed by atoms with Gasteiger partial charge in [-0.05, 0) is 12.5 Å². The van der Waals surface area contributed by atoms with Gasteiger partial charge in [0.15, 0.2) is 5.96 Å². The summed E-state index contributed by atoms with van der Waals surface area (Å²) in [5, 5.41) is 16.3. The van der Waals surface area contributed by atoms with E-state index in [0.29, 0.717) is 32.1 Å². The minimum absolute atomic E-state index is 0. The normalized spacial score (nSPS) is 12.4. The minimum Gasteiger partial charge on any atom is -0.391 e. The molecule has 0 aliphatic heterocycles. The number of aliphatic hydroxyl groups is 1. The van der Waals surface area contributed by atoms with Crippen LogP contribution in [0.2, 0.25) is 0 Å². The van der Waals surface area contributed by atoms with Gasteiger partial charge in [-0.3, -0.25) is 4.99 Å². The van der Waals surface area contributed by atoms with Gasteiger partial charge in [-0.1, -0.05) is 30.3 Å². The predicted molar refractivity (Wildman–Crippen MR) is 97.4 cm³/mol. The van der Waals surface area contributed by atoms with Crippen molar-refractivity contribution in [1.29, 1.82) is 0 Å². The number of halogens is 1. The molecule has 0 bridgehead atoms. The second-order valence-electron chi connectivity index (χ2n) is 4.48. The monoisotopic (exact) mass is 407 g/mol. The molecule has 5 nitrogen and oxygen atoms in total. The summed E-state index contributed by atoms with van der Waals surface area (Å²) in [6, 6.07) is 9.93. The van der Waals surface area contributed by atoms with Gasteiger partial charge in [0.2, 0.25) is 0 Å². The fourth-order valence-corrected chi connectivity index (χ4v) is 1.76. The van der Waals surface area contributed by atoms with E-state index < -0.39 is 6.10 Å². The van der Waals surface area contributed by atoms with Crippen LogP contribution >= 0.6 is 24.0 Å². The van der Waals surface area contributed by atoms with Crippen LogP contribution in [0.5, 0.6) is 0 Å². The summed E-state index contributed by atoms with van der Waals surface area (Å²) in [6.45, 7) is 4.48. The summed E-state index contributed by atoms with van der Waals surface area (Å²) < 4.78 is 4.98. The molecule has 3 N–H and O–H groups in total. The fourth-order valence-electron chi connectivity index (χ4n) is 1.76. The third-order valence-electron chi connectivity index (χ3n) is 2.72. The number of nitrogens with zero attached hydrogens (tertiary/aromatic N) is 1. The molecule has 120 valence electrons. The van der Waals surface area contributed by atoms with Crippen LogP contribution < -0.4 is 10.6 Å². The number of nitrogens with one attached hydrogen (secondary N) is 2. The number of rotatable bonds is 8. The lowest BCUT2D eigenvalue weighted by molar-refractivity contribution is 0.183. The molecule has 0 saturated carbocycles. The number of aliphatic hydroxyl groups excluding tert-OH is 1. The summed E-state index contributed by atoms with van der Waals surface area (Å²) in [7, 11) is 1.66. The van der Waals surface area contributed by atoms with Crippen molar-refractivity contribution in [3.8, 4) is 0 Å². The molecule has 1 atom stereocenters. The van der Waals surface area contributed by atoms with Gasteiger partial charge in [0.1, 0.15) is 0 Å². The first-order chi connectivity index (χ1) is 9.76. The van der Waals surface area contributed by atoms with Crippen molar-refractivity contribution >= 4 is 29.9 Å². The van der Waals surface area contributed by atoms with Crippen molar-refractivity contribution in [2.24, 2.45) is 4.99 Å². The van der Waals surface area contributed by atoms with E-state index in [9.17, 15) is 5.11 Å². The molecule has 21 heavy (non-hydrogen) atoms. The van der Waals surface area contributed by atoms with Gasteiger partial charge in [-0.2, -0.15) is 0 Å². The molecule has 0 aliphatic rings. The summed E-state index contributed by atoms with van der Waals surface area (Å²) in [4.78, 5) is 4.37. The Hall–Kier alpha value is -0.860. The summed E-state index contributed by atoms with van der Waals surface area (Å²) >= 11 is 0. The summed E-state index contributed by atoms with van der Waals surface area (Å²) in [5.41, 5.74) is 1.12. The molecular weight excluding hydrogens is 381 g/mol. The molecule has 6 heteroatoms. The summed E-state index contributed by atoms with van der Waals surface area (Å²) in [5.74, 6) is 0.705. The second kappa shape index (κ2) is 12.8. The number of hydrogen-bond acceptors (Lipinski definition) is 3. The van der Waals surface area contributed by atoms with Gasteiger partial charge in [0.05, 0.1) is 19.3 Å². The van der Waals surface area contributed by atoms with E-state index in [-0.39, 0.29) is 24.0 Å². The zero-order valence-corrected chi connectivity index (χ0v) is 15.0. The van der Waals surface area contributed by atoms with E-state index in [1.54, 1.807) is 7.11 Å². The number of benzene rings is 1. The van der Waals surface area contributed by atoms with Gasteiger partial charge in [0.25, 0.3) is 0 Å². The molecule has 1 aromatic carbocycles. The largest absolute Gasteiger partial charge is 0.391 e. The van der Waals surface area contributed by atoms with E-state index >= 15 is 0 Å². The van der Waals surface area contributed by atoms with Crippen molar-refractivity contribution in [3.05, 3.63) is 35.9 Å². The number of ether oxygens (including phenoxy) is 1. The topological polar surface area (TPSA) is 65.9 Å². The molecule has 1 rings (SSSR count). The van der Waals surface area contributed by atoms with E-state index in [1.165, 1.54) is 0 Å². The molecule has 0 heterocycles. The lowest BCUT2D eigenvalue weighted by atomic mass is 10.1. The minimum atomic E-state index is -0.477. The average molecular weight is 407 g/mol. The van der Waals surface area contributed by atoms with E-state index in [0.717, 1.165) is 12.1 Å². The van der Waals surface area contributed by atoms with Crippen molar-refractivity contribution in [2.45, 2.75) is 19.4 Å². The highest BCUT2D eigenvalue weighted by Crippen LogP contribution is 2.03. The highest BCUT2D eigenvalue weighted by atomic mass is 127. The van der Waals surface area contributed by atoms with Crippen LogP contribution in [-0.2, 0) is 11.2 Å². The Morgan fingerprint density at radius 2 is 2.00 bits per heavy atom. The number of methoxy groups -OCH3 is 1. The molecule has 0 radical (unpaired) electrons. The van der Waals surface area contributed by atoms with Crippen LogP contribution in [0.25, 0.3) is 0 Å². The van der Waals surface area contributed by atoms with Crippen molar-refractivity contribution in [2.75, 3.05) is 33.4 Å². The van der Waals surface area contributed by atoms with Gasteiger partial charge >= 0.3 is 0 Å². The molecule has 1 unspecified atom stereocenters. The van der Waals surface area contributed by atoms with Crippen molar-refractivity contribution in [1.82, 2.24) is 10.6 Å². The van der Waals surface area contributed by atoms with Crippen LogP contribution in [0, 0.1) is 0 Å². The van der Waals surface area contributed by atoms with Gasteiger partial charge in [-0.25, -0.2) is 0 Å². The zero-order chi connectivity index (χ0) is 14.6. The van der Waals surface area contributed by atoms with Crippen LogP contribution in [0.3, 0.4) is 0 Å². The fraction of sp³-hybridized carbons (Fsp3) is 0.533. The maximum absolute atomic E-state index is 10.0. The molecule has 0 aliphatic carbocycles. The zero-order valence-electron chi connectivity index (χ0n) is 12.7. The van der Waals surface area contributed by atoms with Crippen LogP contribution in [0.15, 0.2) is 35.3 Å². The van der Waals surface area contributed by atoms with Gasteiger partial charge in [-0.15, -0.1) is 24.0 Å². The number of guanidine groups is 1. The Morgan fingerprint density at radius 1 is 1.29 bits per heavy atom. The second-order valence-corrected chi connectivity index (χ2v) is 4.48. The number of aliphatic imine (C=N–C) groups is 1. The summed E-state index contributed by atoms with van der Waals surface area (Å²) in [6.07, 6.45) is 0.136. The van der Waals surface area contributed by atoms with E-state index in [1.807, 2.05) is 37.3 Å². The van der Waals surface area contributed by atoms with Crippen LogP contribution in [-0.4, -0.2) is 50.5 Å². The van der Waals surface area contributed by atoms with Crippen molar-refractivity contribution in [3.63, 3.8) is 0 Å². The third kappa shape index (κ3) is 9.65.